The smallest absolute Gasteiger partial charge is 0.350 e. The van der Waals surface area contributed by atoms with Gasteiger partial charge in [-0.3, -0.25) is 9.20 Å². The Morgan fingerprint density at radius 1 is 1.12 bits per heavy atom. The molecular formula is C22H27FN6O3. The Hall–Kier alpha value is -3.69. The minimum atomic E-state index is -0.675. The molecule has 0 aliphatic heterocycles. The molecule has 1 unspecified atom stereocenters. The molecule has 3 N–H and O–H groups in total. The number of urea groups is 1. The van der Waals surface area contributed by atoms with Crippen molar-refractivity contribution < 1.29 is 14.0 Å². The van der Waals surface area contributed by atoms with Crippen LogP contribution >= 0.6 is 0 Å². The summed E-state index contributed by atoms with van der Waals surface area (Å²) in [4.78, 5) is 37.0. The zero-order valence-corrected chi connectivity index (χ0v) is 17.9. The molecule has 0 radical (unpaired) electrons. The molecule has 0 aliphatic carbocycles. The Morgan fingerprint density at radius 2 is 1.91 bits per heavy atom. The largest absolute Gasteiger partial charge is 0.354 e. The third kappa shape index (κ3) is 6.16. The van der Waals surface area contributed by atoms with E-state index < -0.39 is 12.1 Å². The van der Waals surface area contributed by atoms with Crippen LogP contribution in [0.2, 0.25) is 0 Å². The molecule has 0 saturated heterocycles. The molecule has 0 fully saturated rings. The fourth-order valence-electron chi connectivity index (χ4n) is 3.23. The Labute approximate surface area is 184 Å². The van der Waals surface area contributed by atoms with Crippen molar-refractivity contribution in [3.63, 3.8) is 0 Å². The van der Waals surface area contributed by atoms with Gasteiger partial charge in [-0.1, -0.05) is 31.5 Å². The summed E-state index contributed by atoms with van der Waals surface area (Å²) in [5, 5.41) is 12.4. The second-order valence-electron chi connectivity index (χ2n) is 7.37. The highest BCUT2D eigenvalue weighted by molar-refractivity contribution is 5.86. The molecular weight excluding hydrogens is 415 g/mol. The van der Waals surface area contributed by atoms with Gasteiger partial charge in [0.05, 0.1) is 0 Å². The number of carbonyl (C=O) groups is 2. The third-order valence-electron chi connectivity index (χ3n) is 4.90. The first-order valence-corrected chi connectivity index (χ1v) is 10.6. The number of hydrogen-bond acceptors (Lipinski definition) is 4. The van der Waals surface area contributed by atoms with Crippen molar-refractivity contribution in [2.75, 3.05) is 6.54 Å². The van der Waals surface area contributed by atoms with Crippen LogP contribution in [-0.4, -0.2) is 38.7 Å². The van der Waals surface area contributed by atoms with Crippen molar-refractivity contribution in [1.82, 2.24) is 30.1 Å². The third-order valence-corrected chi connectivity index (χ3v) is 4.90. The number of carbonyl (C=O) groups excluding carboxylic acids is 2. The lowest BCUT2D eigenvalue weighted by atomic mass is 10.1. The van der Waals surface area contributed by atoms with Crippen molar-refractivity contribution in [2.45, 2.75) is 45.3 Å². The van der Waals surface area contributed by atoms with E-state index in [0.717, 1.165) is 5.56 Å². The molecule has 32 heavy (non-hydrogen) atoms. The first-order chi connectivity index (χ1) is 15.5. The second-order valence-corrected chi connectivity index (χ2v) is 7.37. The van der Waals surface area contributed by atoms with Crippen molar-refractivity contribution in [3.8, 4) is 0 Å². The monoisotopic (exact) mass is 442 g/mol. The predicted octanol–water partition coefficient (Wildman–Crippen LogP) is 1.81. The first-order valence-electron chi connectivity index (χ1n) is 10.6. The highest BCUT2D eigenvalue weighted by atomic mass is 19.1. The first kappa shape index (κ1) is 23.0. The van der Waals surface area contributed by atoms with E-state index in [1.807, 2.05) is 13.0 Å². The summed E-state index contributed by atoms with van der Waals surface area (Å²) in [5.74, 6) is -0.630. The highest BCUT2D eigenvalue weighted by Crippen LogP contribution is 2.03. The van der Waals surface area contributed by atoms with Gasteiger partial charge >= 0.3 is 11.7 Å². The minimum absolute atomic E-state index is 0.223. The van der Waals surface area contributed by atoms with Gasteiger partial charge in [0, 0.05) is 25.8 Å². The van der Waals surface area contributed by atoms with Crippen LogP contribution in [-0.2, 0) is 17.9 Å². The number of benzene rings is 1. The van der Waals surface area contributed by atoms with Gasteiger partial charge in [-0.15, -0.1) is 5.10 Å². The molecule has 1 atom stereocenters. The molecule has 170 valence electrons. The van der Waals surface area contributed by atoms with E-state index in [1.54, 1.807) is 30.5 Å². The van der Waals surface area contributed by atoms with Crippen LogP contribution in [0, 0.1) is 5.82 Å². The zero-order chi connectivity index (χ0) is 22.9. The molecule has 9 nitrogen and oxygen atoms in total. The second kappa shape index (κ2) is 11.1. The summed E-state index contributed by atoms with van der Waals surface area (Å²) in [6, 6.07) is 9.99. The van der Waals surface area contributed by atoms with Gasteiger partial charge in [0.25, 0.3) is 0 Å². The Kier molecular flexibility index (Phi) is 7.96. The minimum Gasteiger partial charge on any atom is -0.354 e. The quantitative estimate of drug-likeness (QED) is 0.416. The molecule has 0 aliphatic rings. The molecule has 0 bridgehead atoms. The number of amides is 3. The number of aromatic nitrogens is 3. The molecule has 3 rings (SSSR count). The number of halogens is 1. The van der Waals surface area contributed by atoms with Crippen LogP contribution in [0.5, 0.6) is 0 Å². The maximum absolute atomic E-state index is 13.0. The number of fused-ring (bicyclic) bond motifs is 1. The summed E-state index contributed by atoms with van der Waals surface area (Å²) >= 11 is 0. The maximum Gasteiger partial charge on any atom is 0.350 e. The molecule has 3 amide bonds. The molecule has 0 saturated carbocycles. The Balaban J connectivity index is 1.44. The normalized spacial score (nSPS) is 11.8. The zero-order valence-electron chi connectivity index (χ0n) is 17.9. The van der Waals surface area contributed by atoms with Crippen LogP contribution < -0.4 is 21.6 Å². The maximum atomic E-state index is 13.0. The van der Waals surface area contributed by atoms with Gasteiger partial charge in [0.15, 0.2) is 5.65 Å². The van der Waals surface area contributed by atoms with E-state index in [4.69, 9.17) is 0 Å². The van der Waals surface area contributed by atoms with E-state index in [1.165, 1.54) is 21.2 Å². The van der Waals surface area contributed by atoms with Gasteiger partial charge in [0.2, 0.25) is 5.91 Å². The lowest BCUT2D eigenvalue weighted by Crippen LogP contribution is -2.50. The number of rotatable bonds is 10. The number of nitrogens with zero attached hydrogens (tertiary/aromatic N) is 3. The molecule has 1 aromatic carbocycles. The lowest BCUT2D eigenvalue weighted by Gasteiger charge is -2.18. The summed E-state index contributed by atoms with van der Waals surface area (Å²) in [5.41, 5.74) is 1.09. The summed E-state index contributed by atoms with van der Waals surface area (Å²) in [7, 11) is 0. The van der Waals surface area contributed by atoms with E-state index in [-0.39, 0.29) is 24.0 Å². The van der Waals surface area contributed by atoms with Crippen molar-refractivity contribution in [2.24, 2.45) is 0 Å². The number of aryl methyl sites for hydroxylation is 1. The van der Waals surface area contributed by atoms with Crippen molar-refractivity contribution in [3.05, 3.63) is 70.5 Å². The van der Waals surface area contributed by atoms with Crippen LogP contribution in [0.4, 0.5) is 9.18 Å². The Morgan fingerprint density at radius 3 is 2.62 bits per heavy atom. The van der Waals surface area contributed by atoms with Crippen LogP contribution in [0.3, 0.4) is 0 Å². The van der Waals surface area contributed by atoms with E-state index in [9.17, 15) is 18.8 Å². The fraction of sp³-hybridized carbons (Fsp3) is 0.364. The van der Waals surface area contributed by atoms with Crippen LogP contribution in [0.15, 0.2) is 53.5 Å². The standard InChI is InChI=1S/C22H27FN6O3/c1-2-6-18(26-21(31)25-15-16-8-10-17(23)11-9-16)20(30)24-12-5-14-29-22(32)28-13-4-3-7-19(28)27-29/h3-4,7-11,13,18H,2,5-6,12,14-15H2,1H3,(H,24,30)(H2,25,26,31). The highest BCUT2D eigenvalue weighted by Gasteiger charge is 2.19. The summed E-state index contributed by atoms with van der Waals surface area (Å²) in [6.45, 7) is 2.86. The average molecular weight is 442 g/mol. The van der Waals surface area contributed by atoms with Crippen LogP contribution in [0.1, 0.15) is 31.7 Å². The SMILES string of the molecule is CCCC(NC(=O)NCc1ccc(F)cc1)C(=O)NCCCn1nc2ccccn2c1=O. The predicted molar refractivity (Wildman–Crippen MR) is 118 cm³/mol. The van der Waals surface area contributed by atoms with E-state index in [2.05, 4.69) is 21.0 Å². The van der Waals surface area contributed by atoms with E-state index >= 15 is 0 Å². The Bertz CT molecular complexity index is 1110. The van der Waals surface area contributed by atoms with Crippen molar-refractivity contribution in [1.29, 1.82) is 0 Å². The molecule has 2 heterocycles. The molecule has 2 aromatic heterocycles. The topological polar surface area (TPSA) is 110 Å². The lowest BCUT2D eigenvalue weighted by molar-refractivity contribution is -0.123. The molecule has 3 aromatic rings. The number of nitrogens with one attached hydrogen (secondary N) is 3. The van der Waals surface area contributed by atoms with Gasteiger partial charge in [-0.25, -0.2) is 18.7 Å². The fourth-order valence-corrected chi connectivity index (χ4v) is 3.23. The number of hydrogen-bond donors (Lipinski definition) is 3. The van der Waals surface area contributed by atoms with Crippen LogP contribution in [0.25, 0.3) is 5.65 Å². The molecule has 0 spiro atoms. The van der Waals surface area contributed by atoms with Gasteiger partial charge in [-0.2, -0.15) is 0 Å². The number of pyridine rings is 1. The van der Waals surface area contributed by atoms with Gasteiger partial charge in [0.1, 0.15) is 11.9 Å². The van der Waals surface area contributed by atoms with E-state index in [0.29, 0.717) is 38.0 Å². The average Bonchev–Trinajstić information content (AvgIpc) is 3.11. The summed E-state index contributed by atoms with van der Waals surface area (Å²) < 4.78 is 15.8. The van der Waals surface area contributed by atoms with Gasteiger partial charge in [-0.05, 0) is 42.7 Å². The van der Waals surface area contributed by atoms with Crippen molar-refractivity contribution >= 4 is 17.6 Å². The van der Waals surface area contributed by atoms with Gasteiger partial charge < -0.3 is 16.0 Å². The summed E-state index contributed by atoms with van der Waals surface area (Å²) in [6.07, 6.45) is 3.38. The molecule has 10 heteroatoms.